The van der Waals surface area contributed by atoms with E-state index in [9.17, 15) is 0 Å². The Hall–Kier alpha value is -3.00. The van der Waals surface area contributed by atoms with Crippen LogP contribution in [0.15, 0.2) is 85.7 Å². The second-order valence-electron chi connectivity index (χ2n) is 4.87. The van der Waals surface area contributed by atoms with Gasteiger partial charge in [0.2, 0.25) is 0 Å². The van der Waals surface area contributed by atoms with Gasteiger partial charge in [0.1, 0.15) is 6.33 Å². The van der Waals surface area contributed by atoms with Crippen LogP contribution in [0.5, 0.6) is 0 Å². The van der Waals surface area contributed by atoms with Gasteiger partial charge in [-0.2, -0.15) is 0 Å². The summed E-state index contributed by atoms with van der Waals surface area (Å²) in [5.74, 6) is 0. The van der Waals surface area contributed by atoms with Gasteiger partial charge in [-0.1, -0.05) is 73.3 Å². The molecule has 3 aromatic rings. The van der Waals surface area contributed by atoms with Gasteiger partial charge in [0.05, 0.1) is 11.4 Å². The highest BCUT2D eigenvalue weighted by Gasteiger charge is 2.02. The van der Waals surface area contributed by atoms with Crippen molar-refractivity contribution in [1.82, 2.24) is 9.97 Å². The van der Waals surface area contributed by atoms with E-state index >= 15 is 0 Å². The molecule has 22 heavy (non-hydrogen) atoms. The van der Waals surface area contributed by atoms with Crippen molar-refractivity contribution < 1.29 is 0 Å². The molecule has 1 aromatic heterocycles. The fourth-order valence-electron chi connectivity index (χ4n) is 2.25. The van der Waals surface area contributed by atoms with Crippen LogP contribution in [0, 0.1) is 0 Å². The summed E-state index contributed by atoms with van der Waals surface area (Å²) in [6.45, 7) is 3.66. The SMILES string of the molecule is C=C/C=C\c1cc(-c2ccc(-c3ccccc3)cc2)ncn1. The molecule has 0 aliphatic rings. The molecule has 0 aliphatic carbocycles. The minimum Gasteiger partial charge on any atom is -0.237 e. The molecular formula is C20H16N2. The number of allylic oxidation sites excluding steroid dienone is 2. The Labute approximate surface area is 130 Å². The summed E-state index contributed by atoms with van der Waals surface area (Å²) >= 11 is 0. The standard InChI is InChI=1S/C20H16N2/c1-2-3-9-19-14-20(22-15-21-19)18-12-10-17(11-13-18)16-7-5-4-6-8-16/h2-15H,1H2/b9-3-. The number of benzene rings is 2. The van der Waals surface area contributed by atoms with Crippen LogP contribution in [0.1, 0.15) is 5.69 Å². The summed E-state index contributed by atoms with van der Waals surface area (Å²) < 4.78 is 0. The highest BCUT2D eigenvalue weighted by molar-refractivity contribution is 5.69. The fourth-order valence-corrected chi connectivity index (χ4v) is 2.25. The van der Waals surface area contributed by atoms with Crippen LogP contribution in [0.4, 0.5) is 0 Å². The van der Waals surface area contributed by atoms with Gasteiger partial charge in [-0.15, -0.1) is 0 Å². The van der Waals surface area contributed by atoms with Gasteiger partial charge in [0.15, 0.2) is 0 Å². The number of rotatable bonds is 4. The quantitative estimate of drug-likeness (QED) is 0.629. The molecule has 2 heteroatoms. The fraction of sp³-hybridized carbons (Fsp3) is 0. The topological polar surface area (TPSA) is 25.8 Å². The van der Waals surface area contributed by atoms with Gasteiger partial charge in [-0.3, -0.25) is 0 Å². The Morgan fingerprint density at radius 2 is 1.45 bits per heavy atom. The van der Waals surface area contributed by atoms with Crippen molar-refractivity contribution in [3.63, 3.8) is 0 Å². The van der Waals surface area contributed by atoms with E-state index in [4.69, 9.17) is 0 Å². The van der Waals surface area contributed by atoms with E-state index < -0.39 is 0 Å². The number of hydrogen-bond donors (Lipinski definition) is 0. The van der Waals surface area contributed by atoms with Crippen LogP contribution in [-0.4, -0.2) is 9.97 Å². The minimum absolute atomic E-state index is 0.872. The first-order valence-electron chi connectivity index (χ1n) is 7.14. The Bertz CT molecular complexity index is 787. The summed E-state index contributed by atoms with van der Waals surface area (Å²) in [7, 11) is 0. The average Bonchev–Trinajstić information content (AvgIpc) is 2.61. The molecule has 1 heterocycles. The number of nitrogens with zero attached hydrogens (tertiary/aromatic N) is 2. The number of aromatic nitrogens is 2. The Morgan fingerprint density at radius 1 is 0.773 bits per heavy atom. The Balaban J connectivity index is 1.90. The molecule has 0 aliphatic heterocycles. The third-order valence-corrected chi connectivity index (χ3v) is 3.38. The van der Waals surface area contributed by atoms with Gasteiger partial charge >= 0.3 is 0 Å². The van der Waals surface area contributed by atoms with E-state index in [2.05, 4.69) is 52.9 Å². The summed E-state index contributed by atoms with van der Waals surface area (Å²) in [4.78, 5) is 8.57. The normalized spacial score (nSPS) is 10.7. The first-order valence-corrected chi connectivity index (χ1v) is 7.14. The summed E-state index contributed by atoms with van der Waals surface area (Å²) in [6, 6.07) is 20.7. The van der Waals surface area contributed by atoms with Gasteiger partial charge < -0.3 is 0 Å². The molecule has 2 nitrogen and oxygen atoms in total. The van der Waals surface area contributed by atoms with E-state index in [0.29, 0.717) is 0 Å². The predicted octanol–water partition coefficient (Wildman–Crippen LogP) is 5.01. The molecule has 0 N–H and O–H groups in total. The zero-order valence-corrected chi connectivity index (χ0v) is 12.2. The maximum Gasteiger partial charge on any atom is 0.116 e. The molecule has 0 fully saturated rings. The van der Waals surface area contributed by atoms with E-state index in [-0.39, 0.29) is 0 Å². The molecule has 106 valence electrons. The highest BCUT2D eigenvalue weighted by atomic mass is 14.8. The first kappa shape index (κ1) is 14.0. The molecular weight excluding hydrogens is 268 g/mol. The second-order valence-corrected chi connectivity index (χ2v) is 4.87. The zero-order valence-electron chi connectivity index (χ0n) is 12.2. The number of hydrogen-bond acceptors (Lipinski definition) is 2. The van der Waals surface area contributed by atoms with Crippen LogP contribution in [0.2, 0.25) is 0 Å². The Kier molecular flexibility index (Phi) is 4.21. The lowest BCUT2D eigenvalue weighted by Crippen LogP contribution is -1.88. The second kappa shape index (κ2) is 6.64. The van der Waals surface area contributed by atoms with E-state index in [0.717, 1.165) is 17.0 Å². The van der Waals surface area contributed by atoms with Gasteiger partial charge in [0.25, 0.3) is 0 Å². The molecule has 2 aromatic carbocycles. The lowest BCUT2D eigenvalue weighted by molar-refractivity contribution is 1.16. The predicted molar refractivity (Wildman–Crippen MR) is 92.1 cm³/mol. The minimum atomic E-state index is 0.872. The van der Waals surface area contributed by atoms with Crippen LogP contribution in [-0.2, 0) is 0 Å². The summed E-state index contributed by atoms with van der Waals surface area (Å²) in [6.07, 6.45) is 7.10. The van der Waals surface area contributed by atoms with Crippen molar-refractivity contribution in [2.75, 3.05) is 0 Å². The van der Waals surface area contributed by atoms with Crippen LogP contribution < -0.4 is 0 Å². The van der Waals surface area contributed by atoms with Crippen molar-refractivity contribution in [1.29, 1.82) is 0 Å². The monoisotopic (exact) mass is 284 g/mol. The van der Waals surface area contributed by atoms with Crippen molar-refractivity contribution in [3.05, 3.63) is 91.4 Å². The first-order chi connectivity index (χ1) is 10.9. The highest BCUT2D eigenvalue weighted by Crippen LogP contribution is 2.23. The largest absolute Gasteiger partial charge is 0.237 e. The Morgan fingerprint density at radius 3 is 2.18 bits per heavy atom. The van der Waals surface area contributed by atoms with E-state index in [1.807, 2.05) is 36.4 Å². The van der Waals surface area contributed by atoms with Crippen molar-refractivity contribution in [2.24, 2.45) is 0 Å². The van der Waals surface area contributed by atoms with Crippen LogP contribution >= 0.6 is 0 Å². The smallest absolute Gasteiger partial charge is 0.116 e. The molecule has 0 saturated heterocycles. The molecule has 0 saturated carbocycles. The molecule has 0 unspecified atom stereocenters. The lowest BCUT2D eigenvalue weighted by Gasteiger charge is -2.05. The van der Waals surface area contributed by atoms with Crippen molar-refractivity contribution >= 4 is 6.08 Å². The van der Waals surface area contributed by atoms with Crippen molar-refractivity contribution in [3.8, 4) is 22.4 Å². The molecule has 0 atom stereocenters. The summed E-state index contributed by atoms with van der Waals surface area (Å²) in [5.41, 5.74) is 5.28. The molecule has 3 rings (SSSR count). The maximum atomic E-state index is 4.35. The third-order valence-electron chi connectivity index (χ3n) is 3.38. The lowest BCUT2D eigenvalue weighted by atomic mass is 10.0. The van der Waals surface area contributed by atoms with Crippen molar-refractivity contribution in [2.45, 2.75) is 0 Å². The van der Waals surface area contributed by atoms with Gasteiger partial charge in [0, 0.05) is 5.56 Å². The molecule has 0 bridgehead atoms. The average molecular weight is 284 g/mol. The molecule has 0 amide bonds. The summed E-state index contributed by atoms with van der Waals surface area (Å²) in [5, 5.41) is 0. The maximum absolute atomic E-state index is 4.35. The molecule has 0 spiro atoms. The zero-order chi connectivity index (χ0) is 15.2. The van der Waals surface area contributed by atoms with Crippen LogP contribution in [0.25, 0.3) is 28.5 Å². The van der Waals surface area contributed by atoms with Crippen LogP contribution in [0.3, 0.4) is 0 Å². The van der Waals surface area contributed by atoms with Gasteiger partial charge in [-0.25, -0.2) is 9.97 Å². The third kappa shape index (κ3) is 3.18. The van der Waals surface area contributed by atoms with E-state index in [1.54, 1.807) is 12.4 Å². The van der Waals surface area contributed by atoms with E-state index in [1.165, 1.54) is 11.1 Å². The molecule has 0 radical (unpaired) electrons. The van der Waals surface area contributed by atoms with Gasteiger partial charge in [-0.05, 0) is 23.3 Å².